The molecule has 0 aliphatic carbocycles. The average Bonchev–Trinajstić information content (AvgIpc) is 2.09. The van der Waals surface area contributed by atoms with E-state index in [1.54, 1.807) is 13.3 Å². The number of hydrogen-bond donors (Lipinski definition) is 2. The van der Waals surface area contributed by atoms with Gasteiger partial charge in [0.25, 0.3) is 0 Å². The molecule has 0 saturated carbocycles. The Hall–Kier alpha value is -0.810. The van der Waals surface area contributed by atoms with Crippen LogP contribution in [0, 0.1) is 0 Å². The molecule has 0 spiro atoms. The number of anilines is 2. The van der Waals surface area contributed by atoms with Crippen LogP contribution in [0.5, 0.6) is 0 Å². The third-order valence-electron chi connectivity index (χ3n) is 1.48. The molecule has 72 valence electrons. The number of nitrogen functional groups attached to an aromatic ring is 1. The Morgan fingerprint density at radius 1 is 1.69 bits per heavy atom. The Balaban J connectivity index is 2.56. The molecular weight excluding hydrogens is 234 g/mol. The van der Waals surface area contributed by atoms with E-state index in [9.17, 15) is 0 Å². The van der Waals surface area contributed by atoms with Gasteiger partial charge in [0, 0.05) is 24.3 Å². The standard InChI is InChI=1S/C8H12BrN3O/c1-13-3-2-11-8-7(10)4-6(9)5-12-8/h4-5H,2-3,10H2,1H3,(H,11,12). The molecule has 1 aromatic rings. The topological polar surface area (TPSA) is 60.2 Å². The predicted octanol–water partition coefficient (Wildman–Crippen LogP) is 1.48. The summed E-state index contributed by atoms with van der Waals surface area (Å²) in [5.74, 6) is 0.695. The molecule has 1 heterocycles. The fourth-order valence-corrected chi connectivity index (χ4v) is 1.22. The number of rotatable bonds is 4. The number of hydrogen-bond acceptors (Lipinski definition) is 4. The van der Waals surface area contributed by atoms with E-state index in [1.165, 1.54) is 0 Å². The lowest BCUT2D eigenvalue weighted by molar-refractivity contribution is 0.210. The predicted molar refractivity (Wildman–Crippen MR) is 56.7 cm³/mol. The maximum Gasteiger partial charge on any atom is 0.149 e. The second-order valence-electron chi connectivity index (χ2n) is 2.51. The summed E-state index contributed by atoms with van der Waals surface area (Å²) >= 11 is 3.28. The van der Waals surface area contributed by atoms with Crippen molar-refractivity contribution >= 4 is 27.4 Å². The zero-order chi connectivity index (χ0) is 9.68. The maximum absolute atomic E-state index is 5.71. The van der Waals surface area contributed by atoms with E-state index < -0.39 is 0 Å². The first-order valence-electron chi connectivity index (χ1n) is 3.88. The van der Waals surface area contributed by atoms with Crippen molar-refractivity contribution in [3.05, 3.63) is 16.7 Å². The highest BCUT2D eigenvalue weighted by Gasteiger charge is 1.99. The van der Waals surface area contributed by atoms with Crippen LogP contribution in [0.3, 0.4) is 0 Å². The molecule has 0 fully saturated rings. The average molecular weight is 246 g/mol. The van der Waals surface area contributed by atoms with E-state index in [4.69, 9.17) is 10.5 Å². The minimum absolute atomic E-state index is 0.630. The first kappa shape index (κ1) is 10.3. The van der Waals surface area contributed by atoms with Crippen LogP contribution < -0.4 is 11.1 Å². The number of nitrogens with one attached hydrogen (secondary N) is 1. The van der Waals surface area contributed by atoms with Crippen molar-refractivity contribution in [1.82, 2.24) is 4.98 Å². The molecule has 0 radical (unpaired) electrons. The van der Waals surface area contributed by atoms with Gasteiger partial charge >= 0.3 is 0 Å². The number of nitrogens with two attached hydrogens (primary N) is 1. The number of pyridine rings is 1. The van der Waals surface area contributed by atoms with Crippen LogP contribution in [0.4, 0.5) is 11.5 Å². The minimum Gasteiger partial charge on any atom is -0.396 e. The molecule has 4 nitrogen and oxygen atoms in total. The van der Waals surface area contributed by atoms with Gasteiger partial charge in [0.05, 0.1) is 12.3 Å². The summed E-state index contributed by atoms with van der Waals surface area (Å²) < 4.78 is 5.76. The minimum atomic E-state index is 0.630. The highest BCUT2D eigenvalue weighted by atomic mass is 79.9. The normalized spacial score (nSPS) is 10.0. The highest BCUT2D eigenvalue weighted by Crippen LogP contribution is 2.19. The summed E-state index contributed by atoms with van der Waals surface area (Å²) in [4.78, 5) is 4.11. The van der Waals surface area contributed by atoms with Crippen molar-refractivity contribution in [1.29, 1.82) is 0 Å². The summed E-state index contributed by atoms with van der Waals surface area (Å²) in [6.45, 7) is 1.34. The van der Waals surface area contributed by atoms with Crippen LogP contribution in [-0.4, -0.2) is 25.2 Å². The monoisotopic (exact) mass is 245 g/mol. The zero-order valence-electron chi connectivity index (χ0n) is 7.38. The van der Waals surface area contributed by atoms with E-state index in [2.05, 4.69) is 26.2 Å². The van der Waals surface area contributed by atoms with Gasteiger partial charge in [-0.2, -0.15) is 0 Å². The molecule has 0 amide bonds. The van der Waals surface area contributed by atoms with Crippen LogP contribution >= 0.6 is 15.9 Å². The summed E-state index contributed by atoms with van der Waals surface area (Å²) in [6.07, 6.45) is 1.70. The van der Waals surface area contributed by atoms with Gasteiger partial charge in [-0.3, -0.25) is 0 Å². The smallest absolute Gasteiger partial charge is 0.149 e. The number of aromatic nitrogens is 1. The molecule has 0 atom stereocenters. The summed E-state index contributed by atoms with van der Waals surface area (Å²) in [5.41, 5.74) is 6.34. The molecule has 3 N–H and O–H groups in total. The Labute approximate surface area is 85.6 Å². The van der Waals surface area contributed by atoms with Gasteiger partial charge in [-0.15, -0.1) is 0 Å². The van der Waals surface area contributed by atoms with Gasteiger partial charge < -0.3 is 15.8 Å². The quantitative estimate of drug-likeness (QED) is 0.790. The number of ether oxygens (including phenoxy) is 1. The van der Waals surface area contributed by atoms with E-state index >= 15 is 0 Å². The van der Waals surface area contributed by atoms with Gasteiger partial charge in [0.2, 0.25) is 0 Å². The Kier molecular flexibility index (Phi) is 3.98. The van der Waals surface area contributed by atoms with E-state index in [1.807, 2.05) is 6.07 Å². The summed E-state index contributed by atoms with van der Waals surface area (Å²) in [5, 5.41) is 3.06. The fourth-order valence-electron chi connectivity index (χ4n) is 0.874. The molecule has 1 rings (SSSR count). The van der Waals surface area contributed by atoms with Crippen molar-refractivity contribution < 1.29 is 4.74 Å². The lowest BCUT2D eigenvalue weighted by atomic mass is 10.4. The van der Waals surface area contributed by atoms with E-state index in [0.717, 1.165) is 4.47 Å². The van der Waals surface area contributed by atoms with Crippen LogP contribution in [-0.2, 0) is 4.74 Å². The van der Waals surface area contributed by atoms with Crippen molar-refractivity contribution in [2.75, 3.05) is 31.3 Å². The molecule has 0 aliphatic heterocycles. The van der Waals surface area contributed by atoms with Gasteiger partial charge in [-0.25, -0.2) is 4.98 Å². The van der Waals surface area contributed by atoms with Crippen molar-refractivity contribution in [3.63, 3.8) is 0 Å². The van der Waals surface area contributed by atoms with Gasteiger partial charge in [-0.05, 0) is 22.0 Å². The second kappa shape index (κ2) is 5.04. The molecule has 0 saturated heterocycles. The third kappa shape index (κ3) is 3.20. The number of nitrogens with zero attached hydrogens (tertiary/aromatic N) is 1. The highest BCUT2D eigenvalue weighted by molar-refractivity contribution is 9.10. The van der Waals surface area contributed by atoms with E-state index in [-0.39, 0.29) is 0 Å². The van der Waals surface area contributed by atoms with E-state index in [0.29, 0.717) is 24.7 Å². The number of methoxy groups -OCH3 is 1. The van der Waals surface area contributed by atoms with Crippen LogP contribution in [0.2, 0.25) is 0 Å². The molecular formula is C8H12BrN3O. The lowest BCUT2D eigenvalue weighted by Gasteiger charge is -2.07. The first-order valence-corrected chi connectivity index (χ1v) is 4.67. The van der Waals surface area contributed by atoms with Crippen molar-refractivity contribution in [2.24, 2.45) is 0 Å². The Morgan fingerprint density at radius 3 is 3.08 bits per heavy atom. The van der Waals surface area contributed by atoms with Gasteiger partial charge in [0.1, 0.15) is 5.82 Å². The SMILES string of the molecule is COCCNc1ncc(Br)cc1N. The number of halogens is 1. The largest absolute Gasteiger partial charge is 0.396 e. The Morgan fingerprint density at radius 2 is 2.46 bits per heavy atom. The van der Waals surface area contributed by atoms with Crippen LogP contribution in [0.25, 0.3) is 0 Å². The second-order valence-corrected chi connectivity index (χ2v) is 3.43. The molecule has 0 aliphatic rings. The molecule has 1 aromatic heterocycles. The summed E-state index contributed by atoms with van der Waals surface area (Å²) in [6, 6.07) is 1.81. The lowest BCUT2D eigenvalue weighted by Crippen LogP contribution is -2.10. The maximum atomic E-state index is 5.71. The first-order chi connectivity index (χ1) is 6.24. The van der Waals surface area contributed by atoms with Crippen LogP contribution in [0.15, 0.2) is 16.7 Å². The van der Waals surface area contributed by atoms with Gasteiger partial charge in [-0.1, -0.05) is 0 Å². The fraction of sp³-hybridized carbons (Fsp3) is 0.375. The molecule has 0 unspecified atom stereocenters. The molecule has 13 heavy (non-hydrogen) atoms. The van der Waals surface area contributed by atoms with Gasteiger partial charge in [0.15, 0.2) is 0 Å². The summed E-state index contributed by atoms with van der Waals surface area (Å²) in [7, 11) is 1.65. The molecule has 0 bridgehead atoms. The molecule has 0 aromatic carbocycles. The Bertz CT molecular complexity index is 280. The zero-order valence-corrected chi connectivity index (χ0v) is 8.97. The van der Waals surface area contributed by atoms with Crippen molar-refractivity contribution in [3.8, 4) is 0 Å². The third-order valence-corrected chi connectivity index (χ3v) is 1.92. The van der Waals surface area contributed by atoms with Crippen LogP contribution in [0.1, 0.15) is 0 Å². The molecule has 5 heteroatoms. The van der Waals surface area contributed by atoms with Crippen molar-refractivity contribution in [2.45, 2.75) is 0 Å².